The van der Waals surface area contributed by atoms with Gasteiger partial charge in [0.1, 0.15) is 0 Å². The van der Waals surface area contributed by atoms with Crippen LogP contribution in [0.3, 0.4) is 0 Å². The molecular formula is C12H8O9. The van der Waals surface area contributed by atoms with Crippen LogP contribution in [0.5, 0.6) is 0 Å². The van der Waals surface area contributed by atoms with Gasteiger partial charge >= 0.3 is 17.9 Å². The third kappa shape index (κ3) is 4.35. The van der Waals surface area contributed by atoms with Crippen LogP contribution in [0.2, 0.25) is 0 Å². The van der Waals surface area contributed by atoms with E-state index in [2.05, 4.69) is 8.83 Å². The topological polar surface area (TPSA) is 155 Å². The van der Waals surface area contributed by atoms with Crippen LogP contribution in [0, 0.1) is 0 Å². The summed E-state index contributed by atoms with van der Waals surface area (Å²) < 4.78 is 8.93. The molecule has 21 heavy (non-hydrogen) atoms. The van der Waals surface area contributed by atoms with Gasteiger partial charge in [-0.15, -0.1) is 0 Å². The number of carboxylic acids is 3. The van der Waals surface area contributed by atoms with Crippen molar-refractivity contribution in [1.29, 1.82) is 0 Å². The lowest BCUT2D eigenvalue weighted by Crippen LogP contribution is -1.94. The number of hydrogen-bond donors (Lipinski definition) is 3. The Kier molecular flexibility index (Phi) is 5.01. The van der Waals surface area contributed by atoms with E-state index in [0.717, 1.165) is 12.1 Å². The lowest BCUT2D eigenvalue weighted by atomic mass is 10.4. The number of furan rings is 2. The fourth-order valence-corrected chi connectivity index (χ4v) is 1.10. The van der Waals surface area contributed by atoms with Crippen molar-refractivity contribution in [2.24, 2.45) is 0 Å². The summed E-state index contributed by atoms with van der Waals surface area (Å²) in [5, 5.41) is 24.9. The first kappa shape index (κ1) is 15.7. The molecule has 0 saturated heterocycles. The molecule has 0 aromatic carbocycles. The Morgan fingerprint density at radius 3 is 1.38 bits per heavy atom. The third-order valence-corrected chi connectivity index (χ3v) is 1.98. The van der Waals surface area contributed by atoms with Crippen LogP contribution < -0.4 is 0 Å². The average molecular weight is 296 g/mol. The molecule has 9 nitrogen and oxygen atoms in total. The van der Waals surface area contributed by atoms with Crippen molar-refractivity contribution in [2.45, 2.75) is 0 Å². The van der Waals surface area contributed by atoms with Gasteiger partial charge in [0, 0.05) is 0 Å². The Morgan fingerprint density at radius 1 is 0.762 bits per heavy atom. The van der Waals surface area contributed by atoms with Crippen molar-refractivity contribution in [3.05, 3.63) is 47.3 Å². The quantitative estimate of drug-likeness (QED) is 0.710. The first-order chi connectivity index (χ1) is 9.85. The second kappa shape index (κ2) is 6.70. The molecule has 0 radical (unpaired) electrons. The summed E-state index contributed by atoms with van der Waals surface area (Å²) in [5.41, 5.74) is 0. The SMILES string of the molecule is O=C(O)c1ccc(C(=O)O)o1.O=Cc1ccc(C(=O)O)o1. The molecule has 2 aromatic rings. The van der Waals surface area contributed by atoms with Crippen LogP contribution >= 0.6 is 0 Å². The minimum absolute atomic E-state index is 0.0254. The van der Waals surface area contributed by atoms with Crippen LogP contribution in [0.15, 0.2) is 33.1 Å². The predicted octanol–water partition coefficient (Wildman–Crippen LogP) is 1.47. The summed E-state index contributed by atoms with van der Waals surface area (Å²) in [7, 11) is 0. The van der Waals surface area contributed by atoms with Gasteiger partial charge in [0.2, 0.25) is 17.3 Å². The van der Waals surface area contributed by atoms with Crippen LogP contribution in [0.1, 0.15) is 42.2 Å². The third-order valence-electron chi connectivity index (χ3n) is 1.98. The molecule has 0 unspecified atom stereocenters. The number of aldehydes is 1. The van der Waals surface area contributed by atoms with Gasteiger partial charge in [-0.05, 0) is 24.3 Å². The lowest BCUT2D eigenvalue weighted by Gasteiger charge is -1.84. The van der Waals surface area contributed by atoms with E-state index in [0.29, 0.717) is 6.29 Å². The molecule has 0 fully saturated rings. The standard InChI is InChI=1S/C6H4O5.C6H4O4/c7-5(8)3-1-2-4(11-3)6(9)10;7-3-4-1-2-5(10-4)6(8)9/h1-2H,(H,7,8)(H,9,10);1-3H,(H,8,9). The molecule has 3 N–H and O–H groups in total. The zero-order valence-corrected chi connectivity index (χ0v) is 10.2. The fraction of sp³-hybridized carbons (Fsp3) is 0. The van der Waals surface area contributed by atoms with E-state index in [1.165, 1.54) is 12.1 Å². The predicted molar refractivity (Wildman–Crippen MR) is 63.7 cm³/mol. The van der Waals surface area contributed by atoms with Crippen LogP contribution in [-0.2, 0) is 0 Å². The molecule has 2 aromatic heterocycles. The van der Waals surface area contributed by atoms with Crippen molar-refractivity contribution in [2.75, 3.05) is 0 Å². The van der Waals surface area contributed by atoms with Crippen molar-refractivity contribution >= 4 is 24.2 Å². The van der Waals surface area contributed by atoms with E-state index >= 15 is 0 Å². The molecule has 0 amide bonds. The Balaban J connectivity index is 0.000000211. The van der Waals surface area contributed by atoms with E-state index in [9.17, 15) is 19.2 Å². The first-order valence-corrected chi connectivity index (χ1v) is 5.20. The highest BCUT2D eigenvalue weighted by Crippen LogP contribution is 2.07. The first-order valence-electron chi connectivity index (χ1n) is 5.20. The van der Waals surface area contributed by atoms with Gasteiger partial charge in [-0.2, -0.15) is 0 Å². The van der Waals surface area contributed by atoms with Gasteiger partial charge in [0.25, 0.3) is 0 Å². The summed E-state index contributed by atoms with van der Waals surface area (Å²) in [5.74, 6) is -4.67. The minimum Gasteiger partial charge on any atom is -0.475 e. The molecule has 110 valence electrons. The highest BCUT2D eigenvalue weighted by Gasteiger charge is 2.12. The van der Waals surface area contributed by atoms with E-state index in [4.69, 9.17) is 15.3 Å². The molecule has 0 aliphatic heterocycles. The van der Waals surface area contributed by atoms with E-state index in [1.807, 2.05) is 0 Å². The van der Waals surface area contributed by atoms with Crippen molar-refractivity contribution < 1.29 is 43.3 Å². The number of carbonyl (C=O) groups excluding carboxylic acids is 1. The van der Waals surface area contributed by atoms with Gasteiger partial charge < -0.3 is 24.2 Å². The molecule has 2 rings (SSSR count). The summed E-state index contributed by atoms with van der Waals surface area (Å²) in [6.07, 6.45) is 0.451. The zero-order chi connectivity index (χ0) is 16.0. The second-order valence-corrected chi connectivity index (χ2v) is 3.40. The molecule has 0 atom stereocenters. The summed E-state index contributed by atoms with van der Waals surface area (Å²) in [4.78, 5) is 40.4. The normalized spacial score (nSPS) is 9.33. The molecule has 2 heterocycles. The number of carbonyl (C=O) groups is 4. The summed E-state index contributed by atoms with van der Waals surface area (Å²) in [6.45, 7) is 0. The highest BCUT2D eigenvalue weighted by molar-refractivity contribution is 5.89. The van der Waals surface area contributed by atoms with Crippen molar-refractivity contribution in [1.82, 2.24) is 0 Å². The van der Waals surface area contributed by atoms with Gasteiger partial charge in [0.05, 0.1) is 0 Å². The van der Waals surface area contributed by atoms with Gasteiger partial charge in [-0.25, -0.2) is 14.4 Å². The Morgan fingerprint density at radius 2 is 1.14 bits per heavy atom. The average Bonchev–Trinajstić information content (AvgIpc) is 3.08. The lowest BCUT2D eigenvalue weighted by molar-refractivity contribution is 0.0625. The maximum absolute atomic E-state index is 10.2. The van der Waals surface area contributed by atoms with Gasteiger partial charge in [-0.1, -0.05) is 0 Å². The number of carboxylic acid groups (broad SMARTS) is 3. The number of rotatable bonds is 4. The Hall–Kier alpha value is -3.36. The summed E-state index contributed by atoms with van der Waals surface area (Å²) in [6, 6.07) is 4.71. The molecule has 0 aliphatic carbocycles. The second-order valence-electron chi connectivity index (χ2n) is 3.40. The Labute approximate surface area is 116 Å². The maximum Gasteiger partial charge on any atom is 0.371 e. The summed E-state index contributed by atoms with van der Waals surface area (Å²) >= 11 is 0. The van der Waals surface area contributed by atoms with Crippen LogP contribution in [0.25, 0.3) is 0 Å². The van der Waals surface area contributed by atoms with Crippen LogP contribution in [-0.4, -0.2) is 39.5 Å². The molecule has 0 aliphatic rings. The largest absolute Gasteiger partial charge is 0.475 e. The number of aromatic carboxylic acids is 3. The van der Waals surface area contributed by atoms with E-state index in [1.54, 1.807) is 0 Å². The van der Waals surface area contributed by atoms with E-state index < -0.39 is 17.9 Å². The number of hydrogen-bond acceptors (Lipinski definition) is 6. The molecular weight excluding hydrogens is 288 g/mol. The van der Waals surface area contributed by atoms with Gasteiger partial charge in [-0.3, -0.25) is 4.79 Å². The van der Waals surface area contributed by atoms with Crippen LogP contribution in [0.4, 0.5) is 0 Å². The molecule has 9 heteroatoms. The van der Waals surface area contributed by atoms with Gasteiger partial charge in [0.15, 0.2) is 12.0 Å². The Bertz CT molecular complexity index is 648. The fourth-order valence-electron chi connectivity index (χ4n) is 1.10. The van der Waals surface area contributed by atoms with Crippen molar-refractivity contribution in [3.63, 3.8) is 0 Å². The van der Waals surface area contributed by atoms with Crippen molar-refractivity contribution in [3.8, 4) is 0 Å². The monoisotopic (exact) mass is 296 g/mol. The highest BCUT2D eigenvalue weighted by atomic mass is 16.4. The smallest absolute Gasteiger partial charge is 0.371 e. The minimum atomic E-state index is -1.28. The zero-order valence-electron chi connectivity index (χ0n) is 10.2. The molecule has 0 bridgehead atoms. The maximum atomic E-state index is 10.2. The molecule has 0 spiro atoms. The van der Waals surface area contributed by atoms with E-state index in [-0.39, 0.29) is 23.0 Å². The molecule has 0 saturated carbocycles.